The first-order chi connectivity index (χ1) is 8.49. The Morgan fingerprint density at radius 1 is 1.56 bits per heavy atom. The molecule has 0 atom stereocenters. The number of hydrogen-bond acceptors (Lipinski definition) is 5. The molecular weight excluding hydrogens is 367 g/mol. The van der Waals surface area contributed by atoms with Crippen LogP contribution in [0.25, 0.3) is 0 Å². The molecule has 2 aromatic rings. The van der Waals surface area contributed by atoms with E-state index in [1.165, 1.54) is 10.3 Å². The van der Waals surface area contributed by atoms with Gasteiger partial charge in [-0.05, 0) is 38.4 Å². The van der Waals surface area contributed by atoms with Crippen LogP contribution in [0.4, 0.5) is 10.1 Å². The van der Waals surface area contributed by atoms with Crippen molar-refractivity contribution in [3.05, 3.63) is 37.8 Å². The van der Waals surface area contributed by atoms with Crippen molar-refractivity contribution in [2.24, 2.45) is 4.99 Å². The zero-order chi connectivity index (χ0) is 13.3. The molecule has 1 N–H and O–H groups in total. The number of carboxylic acid groups (broad SMARTS) is 1. The van der Waals surface area contributed by atoms with E-state index < -0.39 is 11.8 Å². The van der Waals surface area contributed by atoms with Gasteiger partial charge in [-0.1, -0.05) is 11.6 Å². The van der Waals surface area contributed by atoms with Gasteiger partial charge < -0.3 is 5.11 Å². The maximum atomic E-state index is 13.2. The van der Waals surface area contributed by atoms with E-state index in [-0.39, 0.29) is 20.9 Å². The van der Waals surface area contributed by atoms with Crippen LogP contribution in [0.1, 0.15) is 10.4 Å². The first-order valence-corrected chi connectivity index (χ1v) is 7.65. The van der Waals surface area contributed by atoms with Crippen LogP contribution in [0.5, 0.6) is 0 Å². The number of aromatic carboxylic acids is 1. The van der Waals surface area contributed by atoms with Crippen molar-refractivity contribution in [1.82, 2.24) is 4.37 Å². The molecule has 1 aromatic heterocycles. The Balaban J connectivity index is 2.72. The molecule has 0 aliphatic heterocycles. The van der Waals surface area contributed by atoms with Crippen molar-refractivity contribution < 1.29 is 14.3 Å². The van der Waals surface area contributed by atoms with Gasteiger partial charge in [-0.2, -0.15) is 4.37 Å². The number of benzene rings is 1. The fraction of sp³-hybridized carbons (Fsp3) is 0. The van der Waals surface area contributed by atoms with E-state index in [4.69, 9.17) is 16.7 Å². The van der Waals surface area contributed by atoms with Gasteiger partial charge in [-0.25, -0.2) is 14.2 Å². The summed E-state index contributed by atoms with van der Waals surface area (Å²) in [6, 6.07) is 2.05. The van der Waals surface area contributed by atoms with Crippen LogP contribution in [0.15, 0.2) is 21.6 Å². The maximum absolute atomic E-state index is 13.2. The third kappa shape index (κ3) is 2.77. The predicted octanol–water partition coefficient (Wildman–Crippen LogP) is 3.69. The van der Waals surface area contributed by atoms with Crippen molar-refractivity contribution in [2.75, 3.05) is 0 Å². The lowest BCUT2D eigenvalue weighted by Crippen LogP contribution is -2.01. The van der Waals surface area contributed by atoms with Crippen LogP contribution in [0.3, 0.4) is 0 Å². The van der Waals surface area contributed by atoms with Crippen molar-refractivity contribution in [3.8, 4) is 0 Å². The van der Waals surface area contributed by atoms with E-state index in [1.54, 1.807) is 0 Å². The Bertz CT molecular complexity index is 685. The van der Waals surface area contributed by atoms with Crippen LogP contribution in [-0.2, 0) is 0 Å². The molecule has 18 heavy (non-hydrogen) atoms. The number of carboxylic acids is 1. The van der Waals surface area contributed by atoms with E-state index in [0.29, 0.717) is 4.67 Å². The molecule has 0 aliphatic rings. The maximum Gasteiger partial charge on any atom is 0.338 e. The average Bonchev–Trinajstić information content (AvgIpc) is 2.67. The molecule has 0 aliphatic carbocycles. The zero-order valence-electron chi connectivity index (χ0n) is 8.35. The Morgan fingerprint density at radius 3 is 2.83 bits per heavy atom. The summed E-state index contributed by atoms with van der Waals surface area (Å²) in [5.41, 5.74) is -0.126. The monoisotopic (exact) mass is 368 g/mol. The third-order valence-corrected chi connectivity index (χ3v) is 4.66. The molecule has 0 fully saturated rings. The Labute approximate surface area is 121 Å². The summed E-state index contributed by atoms with van der Waals surface area (Å²) in [6.07, 6.45) is 0. The van der Waals surface area contributed by atoms with Crippen LogP contribution in [-0.4, -0.2) is 15.4 Å². The fourth-order valence-corrected chi connectivity index (χ4v) is 3.67. The summed E-state index contributed by atoms with van der Waals surface area (Å²) in [7, 11) is 2.34. The van der Waals surface area contributed by atoms with Gasteiger partial charge in [-0.3, -0.25) is 0 Å². The molecule has 2 rings (SSSR count). The van der Waals surface area contributed by atoms with Crippen molar-refractivity contribution in [1.29, 1.82) is 0 Å². The Hall–Kier alpha value is -0.830. The van der Waals surface area contributed by atoms with Gasteiger partial charge in [0.25, 0.3) is 0 Å². The van der Waals surface area contributed by atoms with Gasteiger partial charge in [0.1, 0.15) is 5.82 Å². The van der Waals surface area contributed by atoms with Gasteiger partial charge in [0, 0.05) is 15.0 Å². The first kappa shape index (κ1) is 13.6. The predicted molar refractivity (Wildman–Crippen MR) is 71.3 cm³/mol. The molecule has 0 amide bonds. The smallest absolute Gasteiger partial charge is 0.338 e. The minimum Gasteiger partial charge on any atom is -0.478 e. The van der Waals surface area contributed by atoms with E-state index >= 15 is 0 Å². The highest BCUT2D eigenvalue weighted by molar-refractivity contribution is 9.10. The number of hydrogen-bond donors (Lipinski definition) is 1. The van der Waals surface area contributed by atoms with E-state index in [9.17, 15) is 9.18 Å². The highest BCUT2D eigenvalue weighted by Crippen LogP contribution is 2.30. The third-order valence-electron chi connectivity index (χ3n) is 1.88. The van der Waals surface area contributed by atoms with Gasteiger partial charge in [0.2, 0.25) is 0 Å². The highest BCUT2D eigenvalue weighted by atomic mass is 79.9. The highest BCUT2D eigenvalue weighted by Gasteiger charge is 2.15. The van der Waals surface area contributed by atoms with Crippen molar-refractivity contribution >= 4 is 60.1 Å². The molecular formula is C9H3BrClFN2O2S2. The van der Waals surface area contributed by atoms with Gasteiger partial charge in [0.05, 0.1) is 11.3 Å². The Morgan fingerprint density at radius 2 is 2.28 bits per heavy atom. The number of nitrogens with zero attached hydrogens (tertiary/aromatic N) is 2. The molecule has 0 unspecified atom stereocenters. The minimum absolute atomic E-state index is 0.113. The first-order valence-electron chi connectivity index (χ1n) is 4.37. The SMILES string of the molecule is O=C(O)c1cc(F)cc(Br)c1/N=c1\ssnc1Cl. The van der Waals surface area contributed by atoms with Crippen LogP contribution in [0, 0.1) is 5.82 Å². The molecule has 0 spiro atoms. The van der Waals surface area contributed by atoms with Crippen LogP contribution >= 0.6 is 48.4 Å². The standard InChI is InChI=1S/C9H3BrClFN2O2S2/c10-5-2-3(12)1-4(9(15)16)6(5)13-8-7(11)14-18-17-8/h1-2H,(H,15,16)/b13-8-. The normalized spacial score (nSPS) is 11.8. The number of carbonyl (C=O) groups is 1. The lowest BCUT2D eigenvalue weighted by Gasteiger charge is -2.03. The van der Waals surface area contributed by atoms with E-state index in [0.717, 1.165) is 22.7 Å². The van der Waals surface area contributed by atoms with Gasteiger partial charge >= 0.3 is 5.97 Å². The second-order valence-electron chi connectivity index (χ2n) is 3.05. The van der Waals surface area contributed by atoms with Gasteiger partial charge in [0.15, 0.2) is 9.82 Å². The minimum atomic E-state index is -1.27. The largest absolute Gasteiger partial charge is 0.478 e. The topological polar surface area (TPSA) is 62.5 Å². The molecule has 9 heteroatoms. The quantitative estimate of drug-likeness (QED) is 0.821. The summed E-state index contributed by atoms with van der Waals surface area (Å²) >= 11 is 8.87. The molecule has 94 valence electrons. The molecule has 1 aromatic carbocycles. The molecule has 1 heterocycles. The Kier molecular flexibility index (Phi) is 4.10. The number of halogens is 3. The lowest BCUT2D eigenvalue weighted by molar-refractivity contribution is 0.0697. The number of aromatic nitrogens is 1. The van der Waals surface area contributed by atoms with E-state index in [2.05, 4.69) is 25.3 Å². The summed E-state index contributed by atoms with van der Waals surface area (Å²) in [4.78, 5) is 15.2. The molecule has 0 bridgehead atoms. The summed E-state index contributed by atoms with van der Waals surface area (Å²) in [5, 5.41) is 9.21. The fourth-order valence-electron chi connectivity index (χ4n) is 1.17. The second kappa shape index (κ2) is 5.43. The molecule has 0 saturated carbocycles. The second-order valence-corrected chi connectivity index (χ2v) is 6.09. The molecule has 4 nitrogen and oxygen atoms in total. The van der Waals surface area contributed by atoms with Gasteiger partial charge in [-0.15, -0.1) is 0 Å². The van der Waals surface area contributed by atoms with Crippen LogP contribution in [0.2, 0.25) is 5.15 Å². The average molecular weight is 370 g/mol. The summed E-state index contributed by atoms with van der Waals surface area (Å²) in [5.74, 6) is -1.92. The number of rotatable bonds is 2. The van der Waals surface area contributed by atoms with Crippen molar-refractivity contribution in [2.45, 2.75) is 0 Å². The van der Waals surface area contributed by atoms with Crippen molar-refractivity contribution in [3.63, 3.8) is 0 Å². The van der Waals surface area contributed by atoms with Crippen LogP contribution < -0.4 is 4.67 Å². The summed E-state index contributed by atoms with van der Waals surface area (Å²) in [6.45, 7) is 0. The van der Waals surface area contributed by atoms with E-state index in [1.807, 2.05) is 0 Å². The molecule has 0 radical (unpaired) electrons. The summed E-state index contributed by atoms with van der Waals surface area (Å²) < 4.78 is 17.6. The molecule has 0 saturated heterocycles. The zero-order valence-corrected chi connectivity index (χ0v) is 12.3. The lowest BCUT2D eigenvalue weighted by atomic mass is 10.2.